The molecule has 1 atom stereocenters. The molecule has 4 aromatic rings. The van der Waals surface area contributed by atoms with Crippen LogP contribution < -0.4 is 0 Å². The van der Waals surface area contributed by atoms with Crippen LogP contribution in [0.4, 0.5) is 5.69 Å². The van der Waals surface area contributed by atoms with Crippen molar-refractivity contribution < 1.29 is 4.92 Å². The molecule has 174 valence electrons. The Balaban J connectivity index is 1.40. The first-order chi connectivity index (χ1) is 16.7. The highest BCUT2D eigenvalue weighted by molar-refractivity contribution is 5.84. The van der Waals surface area contributed by atoms with Crippen LogP contribution in [0.1, 0.15) is 66.8 Å². The van der Waals surface area contributed by atoms with Gasteiger partial charge in [0.2, 0.25) is 0 Å². The van der Waals surface area contributed by atoms with Gasteiger partial charge in [-0.25, -0.2) is 4.68 Å². The van der Waals surface area contributed by atoms with Gasteiger partial charge >= 0.3 is 0 Å². The SMILES string of the molecule is O=[N+]([O-])c1ccc(C(c2nnnn2C2CCCCC2)N2CCc3c([nH]c4ccccc34)C2)cc1. The zero-order valence-corrected chi connectivity index (χ0v) is 18.9. The quantitative estimate of drug-likeness (QED) is 0.343. The Kier molecular flexibility index (Phi) is 5.33. The van der Waals surface area contributed by atoms with Crippen molar-refractivity contribution in [3.8, 4) is 0 Å². The Morgan fingerprint density at radius 3 is 2.65 bits per heavy atom. The van der Waals surface area contributed by atoms with E-state index in [0.29, 0.717) is 6.04 Å². The molecular weight excluding hydrogens is 430 g/mol. The van der Waals surface area contributed by atoms with Crippen LogP contribution in [0.3, 0.4) is 0 Å². The number of benzene rings is 2. The maximum absolute atomic E-state index is 11.3. The van der Waals surface area contributed by atoms with Crippen LogP contribution in [0.2, 0.25) is 0 Å². The third kappa shape index (κ3) is 3.66. The Hall–Kier alpha value is -3.59. The van der Waals surface area contributed by atoms with E-state index in [9.17, 15) is 10.1 Å². The van der Waals surface area contributed by atoms with Crippen LogP contribution >= 0.6 is 0 Å². The molecule has 34 heavy (non-hydrogen) atoms. The lowest BCUT2D eigenvalue weighted by molar-refractivity contribution is -0.384. The fourth-order valence-electron chi connectivity index (χ4n) is 5.70. The number of fused-ring (bicyclic) bond motifs is 3. The predicted octanol–water partition coefficient (Wildman–Crippen LogP) is 4.72. The van der Waals surface area contributed by atoms with Crippen molar-refractivity contribution in [3.05, 3.63) is 81.3 Å². The standard InChI is InChI=1S/C25H27N7O2/c33-32(34)19-12-10-17(11-13-19)24(25-27-28-29-31(25)18-6-2-1-3-7-18)30-15-14-21-20-8-4-5-9-22(20)26-23(21)16-30/h4-5,8-13,18,24,26H,1-3,6-7,14-16H2. The summed E-state index contributed by atoms with van der Waals surface area (Å²) in [4.78, 5) is 16.9. The molecule has 2 aliphatic rings. The Morgan fingerprint density at radius 1 is 1.06 bits per heavy atom. The Bertz CT molecular complexity index is 1320. The predicted molar refractivity (Wildman–Crippen MR) is 127 cm³/mol. The summed E-state index contributed by atoms with van der Waals surface area (Å²) in [5, 5.41) is 25.6. The molecule has 1 N–H and O–H groups in total. The van der Waals surface area contributed by atoms with Gasteiger partial charge in [0.25, 0.3) is 5.69 Å². The molecule has 1 unspecified atom stereocenters. The highest BCUT2D eigenvalue weighted by Crippen LogP contribution is 2.37. The number of hydrogen-bond acceptors (Lipinski definition) is 6. The van der Waals surface area contributed by atoms with Crippen LogP contribution in [-0.4, -0.2) is 41.6 Å². The number of aromatic amines is 1. The third-order valence-electron chi connectivity index (χ3n) is 7.38. The largest absolute Gasteiger partial charge is 0.357 e. The maximum Gasteiger partial charge on any atom is 0.269 e. The van der Waals surface area contributed by atoms with Gasteiger partial charge in [-0.3, -0.25) is 15.0 Å². The second-order valence-electron chi connectivity index (χ2n) is 9.37. The van der Waals surface area contributed by atoms with E-state index in [1.54, 1.807) is 12.1 Å². The molecule has 0 radical (unpaired) electrons. The molecule has 9 nitrogen and oxygen atoms in total. The van der Waals surface area contributed by atoms with Gasteiger partial charge in [-0.2, -0.15) is 0 Å². The molecule has 3 heterocycles. The number of nitrogens with zero attached hydrogens (tertiary/aromatic N) is 6. The van der Waals surface area contributed by atoms with Crippen LogP contribution in [-0.2, 0) is 13.0 Å². The fourth-order valence-corrected chi connectivity index (χ4v) is 5.70. The van der Waals surface area contributed by atoms with Crippen molar-refractivity contribution in [2.24, 2.45) is 0 Å². The van der Waals surface area contributed by atoms with Crippen LogP contribution in [0.5, 0.6) is 0 Å². The van der Waals surface area contributed by atoms with Crippen molar-refractivity contribution in [1.82, 2.24) is 30.1 Å². The first kappa shape index (κ1) is 21.0. The van der Waals surface area contributed by atoms with E-state index < -0.39 is 0 Å². The molecule has 9 heteroatoms. The van der Waals surface area contributed by atoms with E-state index in [0.717, 1.165) is 49.3 Å². The first-order valence-corrected chi connectivity index (χ1v) is 12.0. The summed E-state index contributed by atoms with van der Waals surface area (Å²) in [6.07, 6.45) is 6.72. The molecule has 1 aliphatic carbocycles. The molecular formula is C25H27N7O2. The van der Waals surface area contributed by atoms with Crippen molar-refractivity contribution in [1.29, 1.82) is 0 Å². The lowest BCUT2D eigenvalue weighted by Gasteiger charge is -2.35. The Labute approximate surface area is 196 Å². The van der Waals surface area contributed by atoms with Gasteiger partial charge in [-0.15, -0.1) is 5.10 Å². The highest BCUT2D eigenvalue weighted by Gasteiger charge is 2.33. The molecule has 0 saturated heterocycles. The lowest BCUT2D eigenvalue weighted by atomic mass is 9.94. The molecule has 0 spiro atoms. The van der Waals surface area contributed by atoms with Crippen LogP contribution in [0, 0.1) is 10.1 Å². The summed E-state index contributed by atoms with van der Waals surface area (Å²) in [7, 11) is 0. The van der Waals surface area contributed by atoms with E-state index in [2.05, 4.69) is 49.7 Å². The number of rotatable bonds is 5. The van der Waals surface area contributed by atoms with Gasteiger partial charge in [0, 0.05) is 41.8 Å². The minimum Gasteiger partial charge on any atom is -0.357 e. The minimum atomic E-state index is -0.359. The number of non-ortho nitro benzene ring substituents is 1. The normalized spacial score (nSPS) is 18.1. The Morgan fingerprint density at radius 2 is 1.85 bits per heavy atom. The summed E-state index contributed by atoms with van der Waals surface area (Å²) in [5.41, 5.74) is 4.81. The molecule has 2 aromatic carbocycles. The van der Waals surface area contributed by atoms with E-state index in [1.807, 2.05) is 16.8 Å². The van der Waals surface area contributed by atoms with E-state index in [-0.39, 0.29) is 16.7 Å². The van der Waals surface area contributed by atoms with E-state index in [1.165, 1.54) is 35.9 Å². The maximum atomic E-state index is 11.3. The number of H-pyrrole nitrogens is 1. The summed E-state index contributed by atoms with van der Waals surface area (Å²) >= 11 is 0. The summed E-state index contributed by atoms with van der Waals surface area (Å²) in [6, 6.07) is 15.4. The molecule has 1 saturated carbocycles. The van der Waals surface area contributed by atoms with Crippen molar-refractivity contribution in [3.63, 3.8) is 0 Å². The van der Waals surface area contributed by atoms with Gasteiger partial charge in [-0.1, -0.05) is 49.6 Å². The number of nitro groups is 1. The monoisotopic (exact) mass is 457 g/mol. The van der Waals surface area contributed by atoms with Crippen molar-refractivity contribution in [2.45, 2.75) is 57.2 Å². The summed E-state index contributed by atoms with van der Waals surface area (Å²) < 4.78 is 2.02. The number of aromatic nitrogens is 5. The van der Waals surface area contributed by atoms with Gasteiger partial charge in [-0.05, 0) is 46.9 Å². The number of nitrogens with one attached hydrogen (secondary N) is 1. The average Bonchev–Trinajstić information content (AvgIpc) is 3.50. The van der Waals surface area contributed by atoms with Gasteiger partial charge in [0.15, 0.2) is 5.82 Å². The second-order valence-corrected chi connectivity index (χ2v) is 9.37. The number of tetrazole rings is 1. The minimum absolute atomic E-state index is 0.0888. The summed E-state index contributed by atoms with van der Waals surface area (Å²) in [6.45, 7) is 1.59. The number of hydrogen-bond donors (Lipinski definition) is 1. The smallest absolute Gasteiger partial charge is 0.269 e. The summed E-state index contributed by atoms with van der Waals surface area (Å²) in [5.74, 6) is 0.820. The van der Waals surface area contributed by atoms with Crippen molar-refractivity contribution >= 4 is 16.6 Å². The average molecular weight is 458 g/mol. The van der Waals surface area contributed by atoms with Gasteiger partial charge in [0.05, 0.1) is 17.0 Å². The zero-order chi connectivity index (χ0) is 23.1. The van der Waals surface area contributed by atoms with Gasteiger partial charge < -0.3 is 4.98 Å². The molecule has 0 amide bonds. The van der Waals surface area contributed by atoms with E-state index in [4.69, 9.17) is 0 Å². The molecule has 1 aliphatic heterocycles. The third-order valence-corrected chi connectivity index (χ3v) is 7.38. The lowest BCUT2D eigenvalue weighted by Crippen LogP contribution is -2.36. The molecule has 1 fully saturated rings. The highest BCUT2D eigenvalue weighted by atomic mass is 16.6. The van der Waals surface area contributed by atoms with Crippen molar-refractivity contribution in [2.75, 3.05) is 6.54 Å². The zero-order valence-electron chi connectivity index (χ0n) is 18.9. The van der Waals surface area contributed by atoms with Crippen LogP contribution in [0.25, 0.3) is 10.9 Å². The van der Waals surface area contributed by atoms with Crippen LogP contribution in [0.15, 0.2) is 48.5 Å². The molecule has 6 rings (SSSR count). The fraction of sp³-hybridized carbons (Fsp3) is 0.400. The first-order valence-electron chi connectivity index (χ1n) is 12.0. The molecule has 2 aromatic heterocycles. The second kappa shape index (κ2) is 8.64. The topological polar surface area (TPSA) is 106 Å². The van der Waals surface area contributed by atoms with Gasteiger partial charge in [0.1, 0.15) is 0 Å². The number of nitro benzene ring substituents is 1. The molecule has 0 bridgehead atoms. The number of para-hydroxylation sites is 1. The van der Waals surface area contributed by atoms with E-state index >= 15 is 0 Å².